The maximum atomic E-state index is 13.6. The fraction of sp³-hybridized carbons (Fsp3) is 0.636. The molecule has 5 aliphatic rings. The minimum Gasteiger partial charge on any atom is -0.389 e. The zero-order valence-electron chi connectivity index (χ0n) is 15.4. The molecule has 4 nitrogen and oxygen atoms in total. The van der Waals surface area contributed by atoms with Crippen molar-refractivity contribution in [3.8, 4) is 6.07 Å². The number of rotatable bonds is 3. The number of hydrogen-bond donors (Lipinski definition) is 1. The van der Waals surface area contributed by atoms with E-state index in [2.05, 4.69) is 6.07 Å². The zero-order chi connectivity index (χ0) is 18.8. The molecular weight excluding hydrogens is 343 g/mol. The Hall–Kier alpha value is -1.93. The third kappa shape index (κ3) is 2.46. The molecule has 1 aromatic rings. The highest BCUT2D eigenvalue weighted by atomic mass is 19.1. The molecule has 1 aliphatic heterocycles. The van der Waals surface area contributed by atoms with Gasteiger partial charge in [-0.3, -0.25) is 4.79 Å². The smallest absolute Gasteiger partial charge is 0.223 e. The molecule has 1 N–H and O–H groups in total. The minimum absolute atomic E-state index is 0.0862. The van der Waals surface area contributed by atoms with Crippen LogP contribution in [0.5, 0.6) is 0 Å². The van der Waals surface area contributed by atoms with Crippen molar-refractivity contribution in [1.82, 2.24) is 4.90 Å². The van der Waals surface area contributed by atoms with Crippen LogP contribution >= 0.6 is 0 Å². The van der Waals surface area contributed by atoms with E-state index in [1.165, 1.54) is 12.1 Å². The molecule has 27 heavy (non-hydrogen) atoms. The van der Waals surface area contributed by atoms with Crippen molar-refractivity contribution >= 4 is 5.91 Å². The molecule has 0 aromatic heterocycles. The van der Waals surface area contributed by atoms with Crippen molar-refractivity contribution < 1.29 is 14.3 Å². The molecular formula is C22H25FN2O2. The lowest BCUT2D eigenvalue weighted by molar-refractivity contribution is -0.150. The van der Waals surface area contributed by atoms with E-state index in [0.717, 1.165) is 37.7 Å². The summed E-state index contributed by atoms with van der Waals surface area (Å²) in [5.74, 6) is 0.996. The third-order valence-corrected chi connectivity index (χ3v) is 7.92. The number of hydrogen-bond acceptors (Lipinski definition) is 3. The summed E-state index contributed by atoms with van der Waals surface area (Å²) in [4.78, 5) is 14.8. The predicted octanol–water partition coefficient (Wildman–Crippen LogP) is 3.01. The summed E-state index contributed by atoms with van der Waals surface area (Å²) >= 11 is 0. The Balaban J connectivity index is 1.54. The lowest BCUT2D eigenvalue weighted by Gasteiger charge is -2.64. The maximum absolute atomic E-state index is 13.6. The van der Waals surface area contributed by atoms with E-state index in [-0.39, 0.29) is 22.6 Å². The highest BCUT2D eigenvalue weighted by molar-refractivity contribution is 5.79. The van der Waals surface area contributed by atoms with Crippen molar-refractivity contribution in [3.05, 3.63) is 35.6 Å². The van der Waals surface area contributed by atoms with Crippen LogP contribution in [0.15, 0.2) is 24.3 Å². The Morgan fingerprint density at radius 2 is 1.81 bits per heavy atom. The Morgan fingerprint density at radius 3 is 2.37 bits per heavy atom. The molecule has 4 saturated carbocycles. The van der Waals surface area contributed by atoms with Gasteiger partial charge in [0.1, 0.15) is 5.82 Å². The van der Waals surface area contributed by atoms with Gasteiger partial charge < -0.3 is 10.0 Å². The molecule has 5 fully saturated rings. The number of nitrogens with zero attached hydrogens (tertiary/aromatic N) is 2. The summed E-state index contributed by atoms with van der Waals surface area (Å²) in [5, 5.41) is 19.4. The second-order valence-electron chi connectivity index (χ2n) is 9.41. The lowest BCUT2D eigenvalue weighted by Crippen LogP contribution is -2.62. The predicted molar refractivity (Wildman–Crippen MR) is 96.9 cm³/mol. The minimum atomic E-state index is -0.406. The van der Waals surface area contributed by atoms with E-state index in [1.54, 1.807) is 4.90 Å². The molecule has 1 heterocycles. The van der Waals surface area contributed by atoms with E-state index >= 15 is 0 Å². The Labute approximate surface area is 159 Å². The molecule has 1 amide bonds. The van der Waals surface area contributed by atoms with Crippen LogP contribution in [0, 0.1) is 40.3 Å². The van der Waals surface area contributed by atoms with E-state index < -0.39 is 6.10 Å². The van der Waals surface area contributed by atoms with Crippen molar-refractivity contribution in [2.75, 3.05) is 13.1 Å². The van der Waals surface area contributed by atoms with Gasteiger partial charge in [0.2, 0.25) is 5.91 Å². The SMILES string of the molecule is N#C[C@]12CC3CC(C1)[C@](CC(=O)N1CC(O)C1)(c1ccc(F)cc1)C(C3)C2. The summed E-state index contributed by atoms with van der Waals surface area (Å²) in [5.41, 5.74) is 0.527. The number of benzene rings is 1. The Kier molecular flexibility index (Phi) is 3.68. The molecule has 0 radical (unpaired) electrons. The van der Waals surface area contributed by atoms with Crippen molar-refractivity contribution in [1.29, 1.82) is 5.26 Å². The second-order valence-corrected chi connectivity index (χ2v) is 9.41. The first-order chi connectivity index (χ1) is 12.9. The van der Waals surface area contributed by atoms with Gasteiger partial charge >= 0.3 is 0 Å². The van der Waals surface area contributed by atoms with Gasteiger partial charge in [-0.05, 0) is 67.6 Å². The molecule has 1 aromatic carbocycles. The van der Waals surface area contributed by atoms with Crippen LogP contribution < -0.4 is 0 Å². The fourth-order valence-corrected chi connectivity index (χ4v) is 6.88. The summed E-state index contributed by atoms with van der Waals surface area (Å²) in [6.45, 7) is 0.830. The number of carbonyl (C=O) groups is 1. The van der Waals surface area contributed by atoms with Gasteiger partial charge in [-0.1, -0.05) is 12.1 Å². The van der Waals surface area contributed by atoms with Gasteiger partial charge in [-0.25, -0.2) is 4.39 Å². The normalized spacial score (nSPS) is 39.9. The number of amides is 1. The van der Waals surface area contributed by atoms with Crippen LogP contribution in [0.25, 0.3) is 0 Å². The maximum Gasteiger partial charge on any atom is 0.223 e. The van der Waals surface area contributed by atoms with E-state index in [9.17, 15) is 19.6 Å². The summed E-state index contributed by atoms with van der Waals surface area (Å²) in [6.07, 6.45) is 4.83. The van der Waals surface area contributed by atoms with E-state index in [1.807, 2.05) is 12.1 Å². The Morgan fingerprint density at radius 1 is 1.19 bits per heavy atom. The fourth-order valence-electron chi connectivity index (χ4n) is 6.88. The lowest BCUT2D eigenvalue weighted by atomic mass is 9.39. The second kappa shape index (κ2) is 5.78. The molecule has 1 saturated heterocycles. The van der Waals surface area contributed by atoms with E-state index in [4.69, 9.17) is 0 Å². The molecule has 5 heteroatoms. The molecule has 4 aliphatic carbocycles. The number of aliphatic hydroxyl groups is 1. The average molecular weight is 368 g/mol. The molecule has 2 unspecified atom stereocenters. The monoisotopic (exact) mass is 368 g/mol. The first-order valence-electron chi connectivity index (χ1n) is 10.1. The molecule has 6 rings (SSSR count). The van der Waals surface area contributed by atoms with Crippen LogP contribution in [0.4, 0.5) is 4.39 Å². The van der Waals surface area contributed by atoms with Gasteiger partial charge in [-0.2, -0.15) is 5.26 Å². The molecule has 2 atom stereocenters. The molecule has 4 bridgehead atoms. The van der Waals surface area contributed by atoms with Crippen molar-refractivity contribution in [2.24, 2.45) is 23.2 Å². The van der Waals surface area contributed by atoms with Gasteiger partial charge in [0.25, 0.3) is 0 Å². The highest BCUT2D eigenvalue weighted by Gasteiger charge is 2.63. The zero-order valence-corrected chi connectivity index (χ0v) is 15.4. The standard InChI is InChI=1S/C22H25FN2O2/c23-18-3-1-15(2-4-18)22(10-20(27)25-11-19(26)12-25)16-5-14-6-17(22)9-21(7-14,8-16)13-24/h1-4,14,16-17,19,26H,5-12H2/t14?,16?,17?,21-,22+. The van der Waals surface area contributed by atoms with E-state index in [0.29, 0.717) is 37.3 Å². The number of carbonyl (C=O) groups excluding carboxylic acids is 1. The summed E-state index contributed by atoms with van der Waals surface area (Å²) < 4.78 is 13.6. The average Bonchev–Trinajstić information content (AvgIpc) is 2.62. The number of aliphatic hydroxyl groups excluding tert-OH is 1. The number of likely N-dealkylation sites (tertiary alicyclic amines) is 1. The van der Waals surface area contributed by atoms with Crippen LogP contribution in [0.1, 0.15) is 44.1 Å². The third-order valence-electron chi connectivity index (χ3n) is 7.92. The van der Waals surface area contributed by atoms with Crippen molar-refractivity contribution in [3.63, 3.8) is 0 Å². The number of halogens is 1. The van der Waals surface area contributed by atoms with Gasteiger partial charge in [0.05, 0.1) is 17.6 Å². The topological polar surface area (TPSA) is 64.3 Å². The quantitative estimate of drug-likeness (QED) is 0.892. The summed E-state index contributed by atoms with van der Waals surface area (Å²) in [6, 6.07) is 9.34. The molecule has 0 spiro atoms. The Bertz CT molecular complexity index is 793. The van der Waals surface area contributed by atoms with Gasteiger partial charge in [0, 0.05) is 24.9 Å². The van der Waals surface area contributed by atoms with Crippen LogP contribution in [-0.4, -0.2) is 35.1 Å². The first-order valence-corrected chi connectivity index (χ1v) is 10.1. The summed E-state index contributed by atoms with van der Waals surface area (Å²) in [7, 11) is 0. The molecule has 142 valence electrons. The van der Waals surface area contributed by atoms with Crippen molar-refractivity contribution in [2.45, 2.75) is 50.0 Å². The van der Waals surface area contributed by atoms with Gasteiger partial charge in [0.15, 0.2) is 0 Å². The van der Waals surface area contributed by atoms with Crippen LogP contribution in [0.3, 0.4) is 0 Å². The number of β-amino-alcohol motifs (C(OH)–C–C–N with tert-alkyl or cyclic N) is 1. The first kappa shape index (κ1) is 17.2. The largest absolute Gasteiger partial charge is 0.389 e. The van der Waals surface area contributed by atoms with Crippen LogP contribution in [0.2, 0.25) is 0 Å². The van der Waals surface area contributed by atoms with Crippen LogP contribution in [-0.2, 0) is 10.2 Å². The van der Waals surface area contributed by atoms with Gasteiger partial charge in [-0.15, -0.1) is 0 Å². The highest BCUT2D eigenvalue weighted by Crippen LogP contribution is 2.68. The number of nitriles is 1.